The van der Waals surface area contributed by atoms with Gasteiger partial charge in [0.2, 0.25) is 0 Å². The molecule has 39 heavy (non-hydrogen) atoms. The zero-order chi connectivity index (χ0) is 28.8. The summed E-state index contributed by atoms with van der Waals surface area (Å²) in [6, 6.07) is 0. The Balaban J connectivity index is 3.70. The lowest BCUT2D eigenvalue weighted by Crippen LogP contribution is -2.29. The maximum atomic E-state index is 12.2. The number of unbranched alkanes of at least 4 members (excludes halogenated alkanes) is 14. The molecule has 1 N–H and O–H groups in total. The third-order valence-corrected chi connectivity index (χ3v) is 7.52. The number of aliphatic hydroxyl groups is 1. The minimum absolute atomic E-state index is 0.0239. The molecule has 0 aromatic carbocycles. The molecule has 0 aliphatic rings. The average molecular weight is 556 g/mol. The van der Waals surface area contributed by atoms with Crippen LogP contribution in [0.15, 0.2) is 0 Å². The Morgan fingerprint density at radius 1 is 0.615 bits per heavy atom. The van der Waals surface area contributed by atoms with E-state index < -0.39 is 0 Å². The maximum Gasteiger partial charge on any atom is 0.306 e. The molecule has 0 heterocycles. The van der Waals surface area contributed by atoms with Crippen LogP contribution in [0.1, 0.15) is 162 Å². The highest BCUT2D eigenvalue weighted by atomic mass is 16.5. The van der Waals surface area contributed by atoms with E-state index in [1.165, 1.54) is 44.9 Å². The van der Waals surface area contributed by atoms with Gasteiger partial charge in [-0.2, -0.15) is 0 Å². The van der Waals surface area contributed by atoms with Crippen LogP contribution in [0.5, 0.6) is 0 Å². The standard InChI is InChI=1S/C33H65NO5/c1-4-7-9-17-23-31(6-3)39-33(37)25-19-14-12-16-21-27-34(28-29-35)26-20-15-11-13-18-24-32(36)38-30-22-10-8-5-2/h31,35H,4-30H2,1-3H3. The molecule has 0 aliphatic carbocycles. The summed E-state index contributed by atoms with van der Waals surface area (Å²) < 4.78 is 11.0. The monoisotopic (exact) mass is 555 g/mol. The number of carbonyl (C=O) groups excluding carboxylic acids is 2. The number of hydrogen-bond donors (Lipinski definition) is 1. The summed E-state index contributed by atoms with van der Waals surface area (Å²) in [7, 11) is 0. The van der Waals surface area contributed by atoms with Gasteiger partial charge in [0.25, 0.3) is 0 Å². The SMILES string of the molecule is CCCCCCOC(=O)CCCCCCCN(CCO)CCCCCCCC(=O)OC(CC)CCCCCC. The number of esters is 2. The Labute approximate surface area is 242 Å². The summed E-state index contributed by atoms with van der Waals surface area (Å²) >= 11 is 0. The van der Waals surface area contributed by atoms with Gasteiger partial charge in [0, 0.05) is 19.4 Å². The molecule has 0 aromatic rings. The van der Waals surface area contributed by atoms with Gasteiger partial charge in [-0.3, -0.25) is 9.59 Å². The van der Waals surface area contributed by atoms with E-state index >= 15 is 0 Å². The van der Waals surface area contributed by atoms with Gasteiger partial charge in [0.15, 0.2) is 0 Å². The van der Waals surface area contributed by atoms with Crippen LogP contribution in [0.25, 0.3) is 0 Å². The first kappa shape index (κ1) is 37.9. The number of rotatable bonds is 30. The average Bonchev–Trinajstić information content (AvgIpc) is 2.93. The largest absolute Gasteiger partial charge is 0.466 e. The molecule has 0 aliphatic heterocycles. The van der Waals surface area contributed by atoms with E-state index in [0.29, 0.717) is 19.4 Å². The fraction of sp³-hybridized carbons (Fsp3) is 0.939. The lowest BCUT2D eigenvalue weighted by Gasteiger charge is -2.21. The van der Waals surface area contributed by atoms with Crippen LogP contribution >= 0.6 is 0 Å². The van der Waals surface area contributed by atoms with E-state index in [4.69, 9.17) is 9.47 Å². The number of nitrogens with zero attached hydrogens (tertiary/aromatic N) is 1. The highest BCUT2D eigenvalue weighted by Gasteiger charge is 2.12. The Morgan fingerprint density at radius 2 is 1.13 bits per heavy atom. The number of hydrogen-bond acceptors (Lipinski definition) is 6. The summed E-state index contributed by atoms with van der Waals surface area (Å²) in [5.74, 6) is -0.0666. The van der Waals surface area contributed by atoms with E-state index in [0.717, 1.165) is 103 Å². The van der Waals surface area contributed by atoms with Crippen molar-refractivity contribution >= 4 is 11.9 Å². The predicted octanol–water partition coefficient (Wildman–Crippen LogP) is 8.38. The molecule has 0 aromatic heterocycles. The van der Waals surface area contributed by atoms with Gasteiger partial charge in [-0.1, -0.05) is 97.8 Å². The molecular formula is C33H65NO5. The zero-order valence-corrected chi connectivity index (χ0v) is 26.2. The number of carbonyl (C=O) groups is 2. The molecule has 1 unspecified atom stereocenters. The van der Waals surface area contributed by atoms with Crippen LogP contribution in [0.3, 0.4) is 0 Å². The van der Waals surface area contributed by atoms with E-state index in [2.05, 4.69) is 25.7 Å². The second-order valence-electron chi connectivity index (χ2n) is 11.3. The van der Waals surface area contributed by atoms with Crippen molar-refractivity contribution in [2.24, 2.45) is 0 Å². The van der Waals surface area contributed by atoms with Crippen LogP contribution in [-0.4, -0.2) is 60.9 Å². The van der Waals surface area contributed by atoms with E-state index in [1.54, 1.807) is 0 Å². The molecule has 6 nitrogen and oxygen atoms in total. The lowest BCUT2D eigenvalue weighted by atomic mass is 10.1. The molecular weight excluding hydrogens is 490 g/mol. The molecule has 0 saturated carbocycles. The van der Waals surface area contributed by atoms with E-state index in [1.807, 2.05) is 0 Å². The Hall–Kier alpha value is -1.14. The van der Waals surface area contributed by atoms with Gasteiger partial charge in [-0.15, -0.1) is 0 Å². The van der Waals surface area contributed by atoms with Crippen LogP contribution < -0.4 is 0 Å². The normalized spacial score (nSPS) is 12.1. The molecule has 0 fully saturated rings. The van der Waals surface area contributed by atoms with Crippen LogP contribution in [-0.2, 0) is 19.1 Å². The van der Waals surface area contributed by atoms with Crippen molar-refractivity contribution in [2.45, 2.75) is 168 Å². The van der Waals surface area contributed by atoms with Crippen molar-refractivity contribution in [3.63, 3.8) is 0 Å². The highest BCUT2D eigenvalue weighted by molar-refractivity contribution is 5.69. The molecule has 232 valence electrons. The van der Waals surface area contributed by atoms with Gasteiger partial charge >= 0.3 is 11.9 Å². The molecule has 0 bridgehead atoms. The van der Waals surface area contributed by atoms with Gasteiger partial charge in [-0.05, 0) is 64.5 Å². The molecule has 6 heteroatoms. The van der Waals surface area contributed by atoms with Gasteiger partial charge < -0.3 is 19.5 Å². The summed E-state index contributed by atoms with van der Waals surface area (Å²) in [5.41, 5.74) is 0. The van der Waals surface area contributed by atoms with Gasteiger partial charge in [0.05, 0.1) is 13.2 Å². The van der Waals surface area contributed by atoms with Crippen molar-refractivity contribution in [2.75, 3.05) is 32.8 Å². The first-order chi connectivity index (χ1) is 19.1. The Morgan fingerprint density at radius 3 is 1.69 bits per heavy atom. The van der Waals surface area contributed by atoms with Crippen LogP contribution in [0.4, 0.5) is 0 Å². The first-order valence-corrected chi connectivity index (χ1v) is 16.8. The Kier molecular flexibility index (Phi) is 29.0. The fourth-order valence-corrected chi connectivity index (χ4v) is 4.92. The number of ether oxygens (including phenoxy) is 2. The second-order valence-corrected chi connectivity index (χ2v) is 11.3. The molecule has 1 atom stereocenters. The van der Waals surface area contributed by atoms with Crippen molar-refractivity contribution in [1.29, 1.82) is 0 Å². The van der Waals surface area contributed by atoms with Crippen molar-refractivity contribution in [3.8, 4) is 0 Å². The summed E-state index contributed by atoms with van der Waals surface area (Å²) in [4.78, 5) is 26.3. The van der Waals surface area contributed by atoms with E-state index in [9.17, 15) is 14.7 Å². The van der Waals surface area contributed by atoms with Crippen molar-refractivity contribution < 1.29 is 24.2 Å². The van der Waals surface area contributed by atoms with Gasteiger partial charge in [0.1, 0.15) is 6.10 Å². The minimum Gasteiger partial charge on any atom is -0.466 e. The summed E-state index contributed by atoms with van der Waals surface area (Å²) in [5, 5.41) is 9.41. The van der Waals surface area contributed by atoms with Crippen molar-refractivity contribution in [3.05, 3.63) is 0 Å². The first-order valence-electron chi connectivity index (χ1n) is 16.8. The third-order valence-electron chi connectivity index (χ3n) is 7.52. The quantitative estimate of drug-likeness (QED) is 0.0708. The third kappa shape index (κ3) is 26.8. The molecule has 0 spiro atoms. The van der Waals surface area contributed by atoms with Crippen LogP contribution in [0, 0.1) is 0 Å². The summed E-state index contributed by atoms with van der Waals surface area (Å²) in [6.45, 7) is 10.1. The van der Waals surface area contributed by atoms with Gasteiger partial charge in [-0.25, -0.2) is 0 Å². The summed E-state index contributed by atoms with van der Waals surface area (Å²) in [6.07, 6.45) is 23.5. The van der Waals surface area contributed by atoms with E-state index in [-0.39, 0.29) is 24.6 Å². The second kappa shape index (κ2) is 29.8. The highest BCUT2D eigenvalue weighted by Crippen LogP contribution is 2.14. The molecule has 0 amide bonds. The molecule has 0 rings (SSSR count). The fourth-order valence-electron chi connectivity index (χ4n) is 4.92. The maximum absolute atomic E-state index is 12.2. The Bertz CT molecular complexity index is 542. The van der Waals surface area contributed by atoms with Crippen molar-refractivity contribution in [1.82, 2.24) is 4.90 Å². The molecule has 0 saturated heterocycles. The molecule has 0 radical (unpaired) electrons. The van der Waals surface area contributed by atoms with Crippen LogP contribution in [0.2, 0.25) is 0 Å². The number of aliphatic hydroxyl groups excluding tert-OH is 1. The topological polar surface area (TPSA) is 76.1 Å². The minimum atomic E-state index is -0.0427. The predicted molar refractivity (Wildman–Crippen MR) is 163 cm³/mol. The lowest BCUT2D eigenvalue weighted by molar-refractivity contribution is -0.149. The zero-order valence-electron chi connectivity index (χ0n) is 26.2. The smallest absolute Gasteiger partial charge is 0.306 e.